The van der Waals surface area contributed by atoms with Crippen LogP contribution in [-0.2, 0) is 9.53 Å². The number of aliphatic carboxylic acids is 1. The van der Waals surface area contributed by atoms with Crippen molar-refractivity contribution < 1.29 is 14.6 Å². The van der Waals surface area contributed by atoms with Crippen molar-refractivity contribution in [3.63, 3.8) is 0 Å². The Morgan fingerprint density at radius 2 is 1.74 bits per heavy atom. The number of carboxylic acids is 1. The number of aliphatic imine (C=N–C) groups is 1. The van der Waals surface area contributed by atoms with E-state index in [0.717, 1.165) is 5.56 Å². The third kappa shape index (κ3) is 3.79. The molecule has 0 radical (unpaired) electrons. The summed E-state index contributed by atoms with van der Waals surface area (Å²) >= 11 is 5.93. The summed E-state index contributed by atoms with van der Waals surface area (Å²) in [5, 5.41) is 10.1. The molecule has 2 rings (SSSR count). The molecule has 2 aromatic carbocycles. The standard InChI is InChI=1S/C18H16ClNO3/c1-20-17(12-7-9-13(19)10-8-12)15-6-4-3-5-14(15)16(11-23-2)18(21)22/h3-11H,1-2H3,(H,21,22)/b16-11+,20-17+. The van der Waals surface area contributed by atoms with Gasteiger partial charge in [-0.1, -0.05) is 48.0 Å². The lowest BCUT2D eigenvalue weighted by atomic mass is 9.93. The summed E-state index contributed by atoms with van der Waals surface area (Å²) in [6.45, 7) is 0. The van der Waals surface area contributed by atoms with E-state index in [-0.39, 0.29) is 5.57 Å². The normalized spacial score (nSPS) is 12.1. The van der Waals surface area contributed by atoms with Crippen LogP contribution >= 0.6 is 11.6 Å². The molecule has 4 nitrogen and oxygen atoms in total. The second-order valence-electron chi connectivity index (χ2n) is 4.70. The SMILES string of the molecule is C/N=C(\c1ccc(Cl)cc1)c1ccccc1/C(=C\OC)C(=O)O. The van der Waals surface area contributed by atoms with Gasteiger partial charge in [0.1, 0.15) is 5.57 Å². The molecule has 0 fully saturated rings. The van der Waals surface area contributed by atoms with Gasteiger partial charge in [0.05, 0.1) is 19.1 Å². The molecular weight excluding hydrogens is 314 g/mol. The number of rotatable bonds is 5. The Hall–Kier alpha value is -2.59. The number of ether oxygens (including phenoxy) is 1. The fourth-order valence-corrected chi connectivity index (χ4v) is 2.41. The molecule has 23 heavy (non-hydrogen) atoms. The molecule has 0 aliphatic heterocycles. The molecule has 0 saturated heterocycles. The fourth-order valence-electron chi connectivity index (χ4n) is 2.28. The minimum Gasteiger partial charge on any atom is -0.503 e. The lowest BCUT2D eigenvalue weighted by molar-refractivity contribution is -0.130. The zero-order valence-electron chi connectivity index (χ0n) is 12.8. The predicted molar refractivity (Wildman–Crippen MR) is 92.1 cm³/mol. The first kappa shape index (κ1) is 16.8. The predicted octanol–water partition coefficient (Wildman–Crippen LogP) is 3.88. The zero-order valence-corrected chi connectivity index (χ0v) is 13.5. The third-order valence-corrected chi connectivity index (χ3v) is 3.53. The van der Waals surface area contributed by atoms with Crippen LogP contribution in [0.5, 0.6) is 0 Å². The number of halogens is 1. The molecule has 0 aliphatic rings. The summed E-state index contributed by atoms with van der Waals surface area (Å²) in [4.78, 5) is 15.9. The highest BCUT2D eigenvalue weighted by atomic mass is 35.5. The summed E-state index contributed by atoms with van der Waals surface area (Å²) in [6.07, 6.45) is 1.22. The number of nitrogens with zero attached hydrogens (tertiary/aromatic N) is 1. The molecule has 0 amide bonds. The first-order valence-electron chi connectivity index (χ1n) is 6.87. The first-order valence-corrected chi connectivity index (χ1v) is 7.25. The number of methoxy groups -OCH3 is 1. The molecule has 0 unspecified atom stereocenters. The number of carbonyl (C=O) groups is 1. The van der Waals surface area contributed by atoms with E-state index in [2.05, 4.69) is 4.99 Å². The van der Waals surface area contributed by atoms with Crippen molar-refractivity contribution in [2.75, 3.05) is 14.2 Å². The van der Waals surface area contributed by atoms with E-state index in [4.69, 9.17) is 16.3 Å². The van der Waals surface area contributed by atoms with Crippen LogP contribution in [-0.4, -0.2) is 30.9 Å². The van der Waals surface area contributed by atoms with Crippen LogP contribution in [0.1, 0.15) is 16.7 Å². The highest BCUT2D eigenvalue weighted by Gasteiger charge is 2.18. The molecule has 0 spiro atoms. The van der Waals surface area contributed by atoms with Crippen molar-refractivity contribution in [3.8, 4) is 0 Å². The molecule has 0 aromatic heterocycles. The smallest absolute Gasteiger partial charge is 0.339 e. The van der Waals surface area contributed by atoms with Gasteiger partial charge in [-0.15, -0.1) is 0 Å². The minimum absolute atomic E-state index is 0.0678. The van der Waals surface area contributed by atoms with Gasteiger partial charge in [-0.25, -0.2) is 4.79 Å². The average molecular weight is 330 g/mol. The monoisotopic (exact) mass is 329 g/mol. The quantitative estimate of drug-likeness (QED) is 0.514. The highest BCUT2D eigenvalue weighted by molar-refractivity contribution is 6.30. The van der Waals surface area contributed by atoms with Crippen LogP contribution in [0.25, 0.3) is 5.57 Å². The van der Waals surface area contributed by atoms with E-state index in [1.54, 1.807) is 31.3 Å². The van der Waals surface area contributed by atoms with E-state index in [1.807, 2.05) is 24.3 Å². The first-order chi connectivity index (χ1) is 11.1. The van der Waals surface area contributed by atoms with Gasteiger partial charge in [-0.05, 0) is 12.1 Å². The van der Waals surface area contributed by atoms with E-state index in [1.165, 1.54) is 13.4 Å². The molecule has 1 N–H and O–H groups in total. The minimum atomic E-state index is -1.06. The van der Waals surface area contributed by atoms with Gasteiger partial charge >= 0.3 is 5.97 Å². The second-order valence-corrected chi connectivity index (χ2v) is 5.13. The van der Waals surface area contributed by atoms with E-state index in [9.17, 15) is 9.90 Å². The number of carboxylic acid groups (broad SMARTS) is 1. The summed E-state index contributed by atoms with van der Waals surface area (Å²) in [6, 6.07) is 14.4. The fraction of sp³-hybridized carbons (Fsp3) is 0.111. The van der Waals surface area contributed by atoms with Crippen LogP contribution in [0.2, 0.25) is 5.02 Å². The second kappa shape index (κ2) is 7.61. The van der Waals surface area contributed by atoms with Crippen LogP contribution < -0.4 is 0 Å². The Bertz CT molecular complexity index is 764. The number of benzene rings is 2. The Morgan fingerprint density at radius 3 is 2.26 bits per heavy atom. The maximum atomic E-state index is 11.5. The maximum Gasteiger partial charge on any atom is 0.339 e. The molecular formula is C18H16ClNO3. The highest BCUT2D eigenvalue weighted by Crippen LogP contribution is 2.24. The van der Waals surface area contributed by atoms with E-state index < -0.39 is 5.97 Å². The summed E-state index contributed by atoms with van der Waals surface area (Å²) < 4.78 is 4.91. The van der Waals surface area contributed by atoms with Crippen LogP contribution in [0, 0.1) is 0 Å². The lowest BCUT2D eigenvalue weighted by Gasteiger charge is -2.13. The van der Waals surface area contributed by atoms with Crippen molar-refractivity contribution in [1.82, 2.24) is 0 Å². The molecule has 0 bridgehead atoms. The summed E-state index contributed by atoms with van der Waals surface area (Å²) in [5.74, 6) is -1.06. The molecule has 118 valence electrons. The van der Waals surface area contributed by atoms with Gasteiger partial charge in [-0.3, -0.25) is 4.99 Å². The van der Waals surface area contributed by atoms with Crippen molar-refractivity contribution >= 4 is 28.9 Å². The largest absolute Gasteiger partial charge is 0.503 e. The number of hydrogen-bond donors (Lipinski definition) is 1. The molecule has 5 heteroatoms. The molecule has 0 saturated carbocycles. The summed E-state index contributed by atoms with van der Waals surface area (Å²) in [5.41, 5.74) is 2.85. The van der Waals surface area contributed by atoms with Crippen molar-refractivity contribution in [1.29, 1.82) is 0 Å². The Kier molecular flexibility index (Phi) is 5.55. The van der Waals surface area contributed by atoms with Gasteiger partial charge < -0.3 is 9.84 Å². The number of hydrogen-bond acceptors (Lipinski definition) is 3. The Balaban J connectivity index is 2.61. The van der Waals surface area contributed by atoms with E-state index in [0.29, 0.717) is 21.9 Å². The van der Waals surface area contributed by atoms with Gasteiger partial charge in [-0.2, -0.15) is 0 Å². The van der Waals surface area contributed by atoms with Gasteiger partial charge in [0.2, 0.25) is 0 Å². The Morgan fingerprint density at radius 1 is 1.13 bits per heavy atom. The molecule has 0 heterocycles. The van der Waals surface area contributed by atoms with E-state index >= 15 is 0 Å². The topological polar surface area (TPSA) is 58.9 Å². The maximum absolute atomic E-state index is 11.5. The Labute approximate surface area is 139 Å². The van der Waals surface area contributed by atoms with Crippen LogP contribution in [0.15, 0.2) is 59.8 Å². The molecule has 0 atom stereocenters. The molecule has 2 aromatic rings. The van der Waals surface area contributed by atoms with Gasteiger partial charge in [0.25, 0.3) is 0 Å². The van der Waals surface area contributed by atoms with Gasteiger partial charge in [0.15, 0.2) is 0 Å². The third-order valence-electron chi connectivity index (χ3n) is 3.28. The van der Waals surface area contributed by atoms with Crippen molar-refractivity contribution in [2.24, 2.45) is 4.99 Å². The van der Waals surface area contributed by atoms with Crippen LogP contribution in [0.3, 0.4) is 0 Å². The summed E-state index contributed by atoms with van der Waals surface area (Å²) in [7, 11) is 3.08. The molecule has 0 aliphatic carbocycles. The van der Waals surface area contributed by atoms with Gasteiger partial charge in [0, 0.05) is 28.8 Å². The lowest BCUT2D eigenvalue weighted by Crippen LogP contribution is -2.10. The van der Waals surface area contributed by atoms with Crippen molar-refractivity contribution in [3.05, 3.63) is 76.5 Å². The van der Waals surface area contributed by atoms with Crippen molar-refractivity contribution in [2.45, 2.75) is 0 Å². The average Bonchev–Trinajstić information content (AvgIpc) is 2.55. The van der Waals surface area contributed by atoms with Crippen LogP contribution in [0.4, 0.5) is 0 Å². The zero-order chi connectivity index (χ0) is 16.8.